The number of hydrogen-bond acceptors (Lipinski definition) is 3. The minimum absolute atomic E-state index is 0.579. The first-order valence-corrected chi connectivity index (χ1v) is 5.63. The van der Waals surface area contributed by atoms with E-state index in [1.807, 2.05) is 0 Å². The molecule has 1 fully saturated rings. The van der Waals surface area contributed by atoms with Crippen LogP contribution in [0.25, 0.3) is 0 Å². The van der Waals surface area contributed by atoms with Gasteiger partial charge in [-0.25, -0.2) is 0 Å². The van der Waals surface area contributed by atoms with Gasteiger partial charge in [0.2, 0.25) is 0 Å². The molecular formula is C11H21N3. The Kier molecular flexibility index (Phi) is 4.37. The van der Waals surface area contributed by atoms with Crippen LogP contribution in [-0.4, -0.2) is 30.1 Å². The quantitative estimate of drug-likeness (QED) is 0.691. The number of piperidine rings is 1. The predicted octanol–water partition coefficient (Wildman–Crippen LogP) is 1.49. The summed E-state index contributed by atoms with van der Waals surface area (Å²) < 4.78 is 0. The molecule has 1 unspecified atom stereocenters. The molecule has 0 aromatic heterocycles. The van der Waals surface area contributed by atoms with Gasteiger partial charge in [-0.1, -0.05) is 19.8 Å². The van der Waals surface area contributed by atoms with E-state index in [2.05, 4.69) is 17.9 Å². The lowest BCUT2D eigenvalue weighted by Crippen LogP contribution is -2.53. The summed E-state index contributed by atoms with van der Waals surface area (Å²) in [4.78, 5) is 2.34. The zero-order chi connectivity index (χ0) is 10.4. The summed E-state index contributed by atoms with van der Waals surface area (Å²) in [6.45, 7) is 5.19. The second-order valence-electron chi connectivity index (χ2n) is 4.35. The largest absolute Gasteiger partial charge is 0.312 e. The molecule has 1 aliphatic heterocycles. The highest BCUT2D eigenvalue weighted by Crippen LogP contribution is 2.18. The average molecular weight is 195 g/mol. The summed E-state index contributed by atoms with van der Waals surface area (Å²) in [6, 6.07) is 2.24. The van der Waals surface area contributed by atoms with Crippen molar-refractivity contribution in [2.45, 2.75) is 44.6 Å². The molecule has 2 N–H and O–H groups in total. The zero-order valence-corrected chi connectivity index (χ0v) is 9.13. The molecule has 1 rings (SSSR count). The normalized spacial score (nSPS) is 28.6. The fraction of sp³-hybridized carbons (Fsp3) is 0.909. The standard InChI is InChI=1S/C11H21N3/c1-2-3-4-7-14-8-5-6-11(13,9-12)10-14/h2-8,10,13H2,1H3. The lowest BCUT2D eigenvalue weighted by Gasteiger charge is -2.35. The van der Waals surface area contributed by atoms with Crippen LogP contribution in [0.15, 0.2) is 0 Å². The van der Waals surface area contributed by atoms with Crippen molar-refractivity contribution in [1.29, 1.82) is 5.26 Å². The van der Waals surface area contributed by atoms with Gasteiger partial charge in [-0.05, 0) is 32.4 Å². The van der Waals surface area contributed by atoms with E-state index in [0.717, 1.165) is 32.5 Å². The molecule has 1 aliphatic rings. The van der Waals surface area contributed by atoms with Crippen molar-refractivity contribution in [3.63, 3.8) is 0 Å². The molecule has 3 heteroatoms. The van der Waals surface area contributed by atoms with Gasteiger partial charge >= 0.3 is 0 Å². The van der Waals surface area contributed by atoms with Gasteiger partial charge in [-0.3, -0.25) is 0 Å². The first-order chi connectivity index (χ1) is 6.70. The summed E-state index contributed by atoms with van der Waals surface area (Å²) in [6.07, 6.45) is 5.68. The van der Waals surface area contributed by atoms with E-state index >= 15 is 0 Å². The van der Waals surface area contributed by atoms with E-state index < -0.39 is 5.54 Å². The smallest absolute Gasteiger partial charge is 0.117 e. The lowest BCUT2D eigenvalue weighted by molar-refractivity contribution is 0.176. The molecule has 0 radical (unpaired) electrons. The summed E-state index contributed by atoms with van der Waals surface area (Å²) in [5.41, 5.74) is 5.37. The second kappa shape index (κ2) is 5.33. The Morgan fingerprint density at radius 1 is 1.50 bits per heavy atom. The van der Waals surface area contributed by atoms with Gasteiger partial charge in [0.05, 0.1) is 6.07 Å². The predicted molar refractivity (Wildman–Crippen MR) is 57.7 cm³/mol. The van der Waals surface area contributed by atoms with Crippen LogP contribution in [0.4, 0.5) is 0 Å². The van der Waals surface area contributed by atoms with Crippen molar-refractivity contribution in [2.75, 3.05) is 19.6 Å². The van der Waals surface area contributed by atoms with E-state index in [9.17, 15) is 0 Å². The topological polar surface area (TPSA) is 53.0 Å². The molecule has 0 aromatic carbocycles. The number of nitriles is 1. The molecule has 0 saturated carbocycles. The summed E-state index contributed by atoms with van der Waals surface area (Å²) in [5, 5.41) is 8.94. The highest BCUT2D eigenvalue weighted by Gasteiger charge is 2.30. The molecule has 1 saturated heterocycles. The highest BCUT2D eigenvalue weighted by molar-refractivity contribution is 5.08. The third-order valence-electron chi connectivity index (χ3n) is 2.90. The van der Waals surface area contributed by atoms with Gasteiger partial charge < -0.3 is 10.6 Å². The number of unbranched alkanes of at least 4 members (excludes halogenated alkanes) is 2. The first-order valence-electron chi connectivity index (χ1n) is 5.63. The Hall–Kier alpha value is -0.590. The van der Waals surface area contributed by atoms with E-state index in [0.29, 0.717) is 0 Å². The highest BCUT2D eigenvalue weighted by atomic mass is 15.2. The maximum Gasteiger partial charge on any atom is 0.117 e. The number of nitrogens with zero attached hydrogens (tertiary/aromatic N) is 2. The van der Waals surface area contributed by atoms with Crippen molar-refractivity contribution in [3.8, 4) is 6.07 Å². The van der Waals surface area contributed by atoms with Crippen LogP contribution >= 0.6 is 0 Å². The molecule has 0 aromatic rings. The Morgan fingerprint density at radius 2 is 2.29 bits per heavy atom. The van der Waals surface area contributed by atoms with Gasteiger partial charge in [-0.2, -0.15) is 5.26 Å². The van der Waals surface area contributed by atoms with Crippen LogP contribution in [0.2, 0.25) is 0 Å². The second-order valence-corrected chi connectivity index (χ2v) is 4.35. The summed E-state index contributed by atoms with van der Waals surface area (Å²) in [5.74, 6) is 0. The molecule has 1 heterocycles. The molecule has 0 aliphatic carbocycles. The number of rotatable bonds is 4. The minimum Gasteiger partial charge on any atom is -0.312 e. The zero-order valence-electron chi connectivity index (χ0n) is 9.13. The van der Waals surface area contributed by atoms with Crippen LogP contribution in [0, 0.1) is 11.3 Å². The number of likely N-dealkylation sites (tertiary alicyclic amines) is 1. The third-order valence-corrected chi connectivity index (χ3v) is 2.90. The van der Waals surface area contributed by atoms with Crippen LogP contribution in [0.3, 0.4) is 0 Å². The maximum atomic E-state index is 8.94. The van der Waals surface area contributed by atoms with Crippen molar-refractivity contribution in [3.05, 3.63) is 0 Å². The minimum atomic E-state index is -0.579. The van der Waals surface area contributed by atoms with Crippen molar-refractivity contribution in [1.82, 2.24) is 4.90 Å². The molecule has 0 bridgehead atoms. The first kappa shape index (κ1) is 11.5. The number of hydrogen-bond donors (Lipinski definition) is 1. The Labute approximate surface area is 86.9 Å². The molecule has 0 spiro atoms. The van der Waals surface area contributed by atoms with Crippen LogP contribution in [0.1, 0.15) is 39.0 Å². The van der Waals surface area contributed by atoms with Crippen molar-refractivity contribution in [2.24, 2.45) is 5.73 Å². The molecule has 14 heavy (non-hydrogen) atoms. The van der Waals surface area contributed by atoms with Gasteiger partial charge in [-0.15, -0.1) is 0 Å². The van der Waals surface area contributed by atoms with Crippen molar-refractivity contribution >= 4 is 0 Å². The SMILES string of the molecule is CCCCCN1CCCC(N)(C#N)C1. The van der Waals surface area contributed by atoms with E-state index in [-0.39, 0.29) is 0 Å². The molecule has 3 nitrogen and oxygen atoms in total. The average Bonchev–Trinajstić information content (AvgIpc) is 2.19. The van der Waals surface area contributed by atoms with Crippen molar-refractivity contribution < 1.29 is 0 Å². The van der Waals surface area contributed by atoms with Crippen LogP contribution in [0.5, 0.6) is 0 Å². The van der Waals surface area contributed by atoms with E-state index in [4.69, 9.17) is 11.0 Å². The van der Waals surface area contributed by atoms with Gasteiger partial charge in [0, 0.05) is 6.54 Å². The maximum absolute atomic E-state index is 8.94. The molecular weight excluding hydrogens is 174 g/mol. The third kappa shape index (κ3) is 3.28. The van der Waals surface area contributed by atoms with Gasteiger partial charge in [0.25, 0.3) is 0 Å². The van der Waals surface area contributed by atoms with Crippen LogP contribution in [-0.2, 0) is 0 Å². The Bertz CT molecular complexity index is 209. The lowest BCUT2D eigenvalue weighted by atomic mass is 9.91. The Balaban J connectivity index is 2.30. The van der Waals surface area contributed by atoms with Crippen LogP contribution < -0.4 is 5.73 Å². The van der Waals surface area contributed by atoms with E-state index in [1.54, 1.807) is 0 Å². The van der Waals surface area contributed by atoms with Gasteiger partial charge in [0.15, 0.2) is 0 Å². The molecule has 0 amide bonds. The monoisotopic (exact) mass is 195 g/mol. The van der Waals surface area contributed by atoms with E-state index in [1.165, 1.54) is 19.3 Å². The van der Waals surface area contributed by atoms with Gasteiger partial charge in [0.1, 0.15) is 5.54 Å². The summed E-state index contributed by atoms with van der Waals surface area (Å²) >= 11 is 0. The fourth-order valence-electron chi connectivity index (χ4n) is 2.04. The molecule has 80 valence electrons. The molecule has 1 atom stereocenters. The summed E-state index contributed by atoms with van der Waals surface area (Å²) in [7, 11) is 0. The Morgan fingerprint density at radius 3 is 2.93 bits per heavy atom. The number of nitrogens with two attached hydrogens (primary N) is 1. The fourth-order valence-corrected chi connectivity index (χ4v) is 2.04.